The van der Waals surface area contributed by atoms with Crippen molar-refractivity contribution in [1.82, 2.24) is 4.98 Å². The van der Waals surface area contributed by atoms with Gasteiger partial charge in [-0.2, -0.15) is 5.26 Å². The van der Waals surface area contributed by atoms with Crippen molar-refractivity contribution in [1.29, 1.82) is 5.26 Å². The van der Waals surface area contributed by atoms with Crippen LogP contribution in [0.3, 0.4) is 0 Å². The lowest BCUT2D eigenvalue weighted by atomic mass is 10.1. The van der Waals surface area contributed by atoms with Gasteiger partial charge in [-0.05, 0) is 44.1 Å². The van der Waals surface area contributed by atoms with E-state index < -0.39 is 5.41 Å². The van der Waals surface area contributed by atoms with Crippen LogP contribution < -0.4 is 10.1 Å². The van der Waals surface area contributed by atoms with E-state index in [2.05, 4.69) is 16.4 Å². The van der Waals surface area contributed by atoms with Crippen LogP contribution in [0.1, 0.15) is 39.0 Å². The fraction of sp³-hybridized carbons (Fsp3) is 0.562. The highest BCUT2D eigenvalue weighted by Crippen LogP contribution is 2.52. The second-order valence-corrected chi connectivity index (χ2v) is 6.05. The first-order chi connectivity index (χ1) is 10.1. The molecule has 2 saturated carbocycles. The predicted molar refractivity (Wildman–Crippen MR) is 77.6 cm³/mol. The van der Waals surface area contributed by atoms with E-state index in [-0.39, 0.29) is 17.9 Å². The van der Waals surface area contributed by atoms with Gasteiger partial charge in [0.25, 0.3) is 0 Å². The number of nitriles is 1. The highest BCUT2D eigenvalue weighted by Gasteiger charge is 2.58. The molecule has 1 amide bonds. The number of rotatable bonds is 4. The summed E-state index contributed by atoms with van der Waals surface area (Å²) in [5, 5.41) is 11.9. The highest BCUT2D eigenvalue weighted by molar-refractivity contribution is 5.99. The van der Waals surface area contributed by atoms with Gasteiger partial charge in [-0.3, -0.25) is 4.79 Å². The summed E-state index contributed by atoms with van der Waals surface area (Å²) in [5.74, 6) is 0.485. The van der Waals surface area contributed by atoms with Gasteiger partial charge in [0.2, 0.25) is 11.8 Å². The Morgan fingerprint density at radius 1 is 1.48 bits per heavy atom. The quantitative estimate of drug-likeness (QED) is 0.923. The smallest absolute Gasteiger partial charge is 0.245 e. The Morgan fingerprint density at radius 2 is 2.19 bits per heavy atom. The van der Waals surface area contributed by atoms with Crippen molar-refractivity contribution in [2.24, 2.45) is 11.3 Å². The molecule has 110 valence electrons. The summed E-state index contributed by atoms with van der Waals surface area (Å²) in [7, 11) is 0. The van der Waals surface area contributed by atoms with E-state index >= 15 is 0 Å². The lowest BCUT2D eigenvalue weighted by Crippen LogP contribution is -2.24. The molecule has 2 fully saturated rings. The maximum absolute atomic E-state index is 12.1. The summed E-state index contributed by atoms with van der Waals surface area (Å²) in [5.41, 5.74) is -0.244. The molecule has 21 heavy (non-hydrogen) atoms. The number of carbonyl (C=O) groups excluding carboxylic acids is 1. The third-order valence-corrected chi connectivity index (χ3v) is 4.50. The number of nitrogens with one attached hydrogen (secondary N) is 1. The van der Waals surface area contributed by atoms with Gasteiger partial charge in [-0.25, -0.2) is 4.98 Å². The normalized spacial score (nSPS) is 27.9. The van der Waals surface area contributed by atoms with Gasteiger partial charge >= 0.3 is 0 Å². The van der Waals surface area contributed by atoms with Crippen LogP contribution in [0.15, 0.2) is 18.3 Å². The van der Waals surface area contributed by atoms with Crippen LogP contribution in [-0.2, 0) is 4.79 Å². The minimum absolute atomic E-state index is 0.125. The van der Waals surface area contributed by atoms with Crippen LogP contribution in [0.5, 0.6) is 5.88 Å². The van der Waals surface area contributed by atoms with Gasteiger partial charge in [0.15, 0.2) is 0 Å². The molecule has 1 aromatic heterocycles. The fourth-order valence-corrected chi connectivity index (χ4v) is 2.89. The highest BCUT2D eigenvalue weighted by atomic mass is 16.5. The Hall–Kier alpha value is -2.09. The largest absolute Gasteiger partial charge is 0.474 e. The maximum Gasteiger partial charge on any atom is 0.245 e. The molecule has 0 aromatic carbocycles. The number of pyridine rings is 1. The Morgan fingerprint density at radius 3 is 2.71 bits per heavy atom. The summed E-state index contributed by atoms with van der Waals surface area (Å²) >= 11 is 0. The van der Waals surface area contributed by atoms with Crippen LogP contribution >= 0.6 is 0 Å². The topological polar surface area (TPSA) is 75.0 Å². The first-order valence-corrected chi connectivity index (χ1v) is 7.49. The summed E-state index contributed by atoms with van der Waals surface area (Å²) in [4.78, 5) is 16.3. The Kier molecular flexibility index (Phi) is 3.54. The van der Waals surface area contributed by atoms with E-state index in [9.17, 15) is 4.79 Å². The van der Waals surface area contributed by atoms with Crippen LogP contribution in [0.4, 0.5) is 5.69 Å². The second kappa shape index (κ2) is 5.36. The van der Waals surface area contributed by atoms with Crippen molar-refractivity contribution in [2.75, 3.05) is 5.32 Å². The van der Waals surface area contributed by atoms with Crippen molar-refractivity contribution in [2.45, 2.75) is 45.1 Å². The molecule has 2 aliphatic rings. The molecule has 1 N–H and O–H groups in total. The van der Waals surface area contributed by atoms with Gasteiger partial charge in [0, 0.05) is 6.07 Å². The molecule has 1 heterocycles. The summed E-state index contributed by atoms with van der Waals surface area (Å²) in [6.45, 7) is 1.92. The van der Waals surface area contributed by atoms with Gasteiger partial charge < -0.3 is 10.1 Å². The average Bonchev–Trinajstić information content (AvgIpc) is 2.91. The van der Waals surface area contributed by atoms with Crippen molar-refractivity contribution in [3.8, 4) is 11.9 Å². The molecular formula is C16H19N3O2. The minimum atomic E-state index is -0.848. The van der Waals surface area contributed by atoms with E-state index in [1.165, 1.54) is 12.8 Å². The Labute approximate surface area is 124 Å². The Balaban J connectivity index is 1.59. The van der Waals surface area contributed by atoms with Crippen molar-refractivity contribution < 1.29 is 9.53 Å². The molecule has 0 unspecified atom stereocenters. The molecule has 2 atom stereocenters. The SMILES string of the molecule is C[C@H]1C[C@]1(C#N)C(=O)Nc1ccc(OC2CCCC2)nc1. The van der Waals surface area contributed by atoms with E-state index in [1.807, 2.05) is 6.92 Å². The number of hydrogen-bond donors (Lipinski definition) is 1. The maximum atomic E-state index is 12.1. The molecule has 5 heteroatoms. The molecule has 0 aliphatic heterocycles. The molecule has 0 spiro atoms. The van der Waals surface area contributed by atoms with E-state index in [4.69, 9.17) is 10.00 Å². The monoisotopic (exact) mass is 285 g/mol. The molecule has 0 saturated heterocycles. The zero-order valence-electron chi connectivity index (χ0n) is 12.1. The number of nitrogens with zero attached hydrogens (tertiary/aromatic N) is 2. The number of amides is 1. The van der Waals surface area contributed by atoms with Crippen LogP contribution in [0.25, 0.3) is 0 Å². The first-order valence-electron chi connectivity index (χ1n) is 7.49. The summed E-state index contributed by atoms with van der Waals surface area (Å²) in [6, 6.07) is 5.66. The van der Waals surface area contributed by atoms with E-state index in [0.717, 1.165) is 12.8 Å². The summed E-state index contributed by atoms with van der Waals surface area (Å²) < 4.78 is 5.78. The van der Waals surface area contributed by atoms with Gasteiger partial charge in [-0.15, -0.1) is 0 Å². The number of aromatic nitrogens is 1. The standard InChI is InChI=1S/C16H19N3O2/c1-11-8-16(11,10-17)15(20)19-12-6-7-14(18-9-12)21-13-4-2-3-5-13/h6-7,9,11,13H,2-5,8H2,1H3,(H,19,20)/t11-,16+/m0/s1. The average molecular weight is 285 g/mol. The first kappa shape index (κ1) is 13.9. The van der Waals surface area contributed by atoms with Gasteiger partial charge in [-0.1, -0.05) is 6.92 Å². The zero-order chi connectivity index (χ0) is 14.9. The Bertz CT molecular complexity index is 572. The van der Waals surface area contributed by atoms with E-state index in [1.54, 1.807) is 18.3 Å². The molecular weight excluding hydrogens is 266 g/mol. The lowest BCUT2D eigenvalue weighted by Gasteiger charge is -2.13. The molecule has 0 radical (unpaired) electrons. The molecule has 1 aromatic rings. The zero-order valence-corrected chi connectivity index (χ0v) is 12.1. The number of ether oxygens (including phenoxy) is 1. The van der Waals surface area contributed by atoms with E-state index in [0.29, 0.717) is 18.0 Å². The number of anilines is 1. The van der Waals surface area contributed by atoms with Gasteiger partial charge in [0.1, 0.15) is 11.5 Å². The molecule has 0 bridgehead atoms. The lowest BCUT2D eigenvalue weighted by molar-refractivity contribution is -0.119. The van der Waals surface area contributed by atoms with Crippen molar-refractivity contribution >= 4 is 11.6 Å². The third-order valence-electron chi connectivity index (χ3n) is 4.50. The predicted octanol–water partition coefficient (Wildman–Crippen LogP) is 2.89. The number of hydrogen-bond acceptors (Lipinski definition) is 4. The summed E-state index contributed by atoms with van der Waals surface area (Å²) in [6.07, 6.45) is 7.09. The fourth-order valence-electron chi connectivity index (χ4n) is 2.89. The third kappa shape index (κ3) is 2.71. The second-order valence-electron chi connectivity index (χ2n) is 6.05. The minimum Gasteiger partial charge on any atom is -0.474 e. The van der Waals surface area contributed by atoms with Crippen LogP contribution in [0.2, 0.25) is 0 Å². The van der Waals surface area contributed by atoms with Gasteiger partial charge in [0.05, 0.1) is 18.0 Å². The van der Waals surface area contributed by atoms with Crippen molar-refractivity contribution in [3.05, 3.63) is 18.3 Å². The van der Waals surface area contributed by atoms with Crippen LogP contribution in [-0.4, -0.2) is 17.0 Å². The number of carbonyl (C=O) groups is 1. The molecule has 2 aliphatic carbocycles. The van der Waals surface area contributed by atoms with Crippen molar-refractivity contribution in [3.63, 3.8) is 0 Å². The van der Waals surface area contributed by atoms with Crippen LogP contribution in [0, 0.1) is 22.7 Å². The molecule has 5 nitrogen and oxygen atoms in total. The molecule has 3 rings (SSSR count).